The number of hydrogen-bond acceptors (Lipinski definition) is 6. The van der Waals surface area contributed by atoms with E-state index in [4.69, 9.17) is 9.15 Å². The highest BCUT2D eigenvalue weighted by Crippen LogP contribution is 2.28. The molecule has 33 heavy (non-hydrogen) atoms. The second kappa shape index (κ2) is 8.71. The van der Waals surface area contributed by atoms with Crippen molar-refractivity contribution >= 4 is 34.3 Å². The summed E-state index contributed by atoms with van der Waals surface area (Å²) in [5, 5.41) is 11.1. The molecule has 0 bridgehead atoms. The quantitative estimate of drug-likeness (QED) is 0.281. The maximum atomic E-state index is 13.4. The van der Waals surface area contributed by atoms with Crippen molar-refractivity contribution in [1.82, 2.24) is 14.9 Å². The number of aromatic nitrogens is 2. The number of rotatable bonds is 5. The number of furan rings is 1. The zero-order valence-electron chi connectivity index (χ0n) is 17.6. The number of nitrogens with zero attached hydrogens (tertiary/aromatic N) is 3. The molecule has 4 aromatic rings. The molecule has 0 saturated carbocycles. The summed E-state index contributed by atoms with van der Waals surface area (Å²) in [6, 6.07) is 17.2. The van der Waals surface area contributed by atoms with Crippen LogP contribution in [-0.2, 0) is 9.53 Å². The summed E-state index contributed by atoms with van der Waals surface area (Å²) in [7, 11) is 0. The fourth-order valence-electron chi connectivity index (χ4n) is 3.75. The first kappa shape index (κ1) is 20.7. The Morgan fingerprint density at radius 1 is 1.09 bits per heavy atom. The molecule has 166 valence electrons. The number of benzene rings is 2. The van der Waals surface area contributed by atoms with E-state index in [1.807, 2.05) is 24.3 Å². The van der Waals surface area contributed by atoms with Crippen molar-refractivity contribution in [3.8, 4) is 11.3 Å². The number of ether oxygens (including phenoxy) is 1. The van der Waals surface area contributed by atoms with Gasteiger partial charge in [-0.3, -0.25) is 14.9 Å². The number of carbonyl (C=O) groups is 1. The number of hydrogen-bond donors (Lipinski definition) is 1. The molecule has 2 aromatic carbocycles. The number of fused-ring (bicyclic) bond motifs is 1. The fourth-order valence-corrected chi connectivity index (χ4v) is 3.75. The van der Waals surface area contributed by atoms with E-state index in [1.165, 1.54) is 12.1 Å². The van der Waals surface area contributed by atoms with E-state index in [9.17, 15) is 14.9 Å². The minimum atomic E-state index is -0.450. The van der Waals surface area contributed by atoms with Crippen molar-refractivity contribution in [3.05, 3.63) is 82.4 Å². The van der Waals surface area contributed by atoms with Gasteiger partial charge in [-0.15, -0.1) is 0 Å². The number of amides is 1. The first-order valence-electron chi connectivity index (χ1n) is 10.5. The zero-order valence-corrected chi connectivity index (χ0v) is 17.6. The number of nitro groups is 1. The number of para-hydroxylation sites is 2. The molecule has 0 radical (unpaired) electrons. The number of imidazole rings is 1. The molecule has 1 aliphatic heterocycles. The second-order valence-corrected chi connectivity index (χ2v) is 7.57. The fraction of sp³-hybridized carbons (Fsp3) is 0.167. The van der Waals surface area contributed by atoms with Crippen LogP contribution in [0.1, 0.15) is 11.6 Å². The Balaban J connectivity index is 1.54. The summed E-state index contributed by atoms with van der Waals surface area (Å²) in [5.41, 5.74) is 2.50. The summed E-state index contributed by atoms with van der Waals surface area (Å²) >= 11 is 0. The highest BCUT2D eigenvalue weighted by molar-refractivity contribution is 6.23. The molecular weight excluding hydrogens is 424 g/mol. The zero-order chi connectivity index (χ0) is 22.8. The molecule has 9 nitrogen and oxygen atoms in total. The third-order valence-electron chi connectivity index (χ3n) is 5.43. The standard InChI is InChI=1S/C24H20N4O5/c29-24(27-10-12-32-13-11-27)19(23-25-20-6-1-2-7-21(20)26-23)15-18-8-9-22(33-18)16-4-3-5-17(14-16)28(30)31/h1-9,14-15H,10-13H2,(H,25,26)/b19-15+. The van der Waals surface area contributed by atoms with Gasteiger partial charge in [0.2, 0.25) is 0 Å². The van der Waals surface area contributed by atoms with E-state index in [0.717, 1.165) is 11.0 Å². The molecule has 3 heterocycles. The number of H-pyrrole nitrogens is 1. The van der Waals surface area contributed by atoms with E-state index in [1.54, 1.807) is 35.2 Å². The number of aromatic amines is 1. The summed E-state index contributed by atoms with van der Waals surface area (Å²) < 4.78 is 11.3. The molecule has 0 unspecified atom stereocenters. The monoisotopic (exact) mass is 444 g/mol. The lowest BCUT2D eigenvalue weighted by Gasteiger charge is -2.27. The molecular formula is C24H20N4O5. The second-order valence-electron chi connectivity index (χ2n) is 7.57. The van der Waals surface area contributed by atoms with E-state index >= 15 is 0 Å². The average molecular weight is 444 g/mol. The Morgan fingerprint density at radius 2 is 1.91 bits per heavy atom. The van der Waals surface area contributed by atoms with Crippen molar-refractivity contribution < 1.29 is 18.9 Å². The Bertz CT molecular complexity index is 1330. The van der Waals surface area contributed by atoms with Gasteiger partial charge in [-0.25, -0.2) is 4.98 Å². The van der Waals surface area contributed by atoms with Gasteiger partial charge in [-0.2, -0.15) is 0 Å². The topological polar surface area (TPSA) is 114 Å². The van der Waals surface area contributed by atoms with Crippen LogP contribution < -0.4 is 0 Å². The van der Waals surface area contributed by atoms with Gasteiger partial charge >= 0.3 is 0 Å². The Labute approximate surface area is 188 Å². The van der Waals surface area contributed by atoms with Gasteiger partial charge in [-0.1, -0.05) is 24.3 Å². The first-order chi connectivity index (χ1) is 16.1. The van der Waals surface area contributed by atoms with E-state index in [-0.39, 0.29) is 11.6 Å². The molecule has 0 atom stereocenters. The lowest BCUT2D eigenvalue weighted by atomic mass is 10.1. The summed E-state index contributed by atoms with van der Waals surface area (Å²) in [6.07, 6.45) is 1.65. The molecule has 9 heteroatoms. The maximum Gasteiger partial charge on any atom is 0.270 e. The Morgan fingerprint density at radius 3 is 2.70 bits per heavy atom. The number of morpholine rings is 1. The third kappa shape index (κ3) is 4.26. The van der Waals surface area contributed by atoms with Crippen LogP contribution in [0.5, 0.6) is 0 Å². The average Bonchev–Trinajstić information content (AvgIpc) is 3.50. The van der Waals surface area contributed by atoms with Crippen LogP contribution in [0.25, 0.3) is 34.0 Å². The highest BCUT2D eigenvalue weighted by atomic mass is 16.6. The van der Waals surface area contributed by atoms with E-state index in [2.05, 4.69) is 9.97 Å². The molecule has 5 rings (SSSR count). The van der Waals surface area contributed by atoms with Crippen LogP contribution in [0.2, 0.25) is 0 Å². The van der Waals surface area contributed by atoms with Crippen molar-refractivity contribution in [2.75, 3.05) is 26.3 Å². The van der Waals surface area contributed by atoms with Gasteiger partial charge in [-0.05, 0) is 30.3 Å². The number of carbonyl (C=O) groups excluding carboxylic acids is 1. The van der Waals surface area contributed by atoms with Crippen LogP contribution in [0.4, 0.5) is 5.69 Å². The molecule has 1 amide bonds. The summed E-state index contributed by atoms with van der Waals surface area (Å²) in [6.45, 7) is 1.95. The van der Waals surface area contributed by atoms with Gasteiger partial charge in [0, 0.05) is 30.8 Å². The minimum Gasteiger partial charge on any atom is -0.457 e. The molecule has 1 aliphatic rings. The van der Waals surface area contributed by atoms with Crippen LogP contribution >= 0.6 is 0 Å². The number of non-ortho nitro benzene ring substituents is 1. The molecule has 1 saturated heterocycles. The van der Waals surface area contributed by atoms with Crippen molar-refractivity contribution in [3.63, 3.8) is 0 Å². The third-order valence-corrected chi connectivity index (χ3v) is 5.43. The summed E-state index contributed by atoms with van der Waals surface area (Å²) in [5.74, 6) is 1.17. The SMILES string of the molecule is O=C(/C(=C/c1ccc(-c2cccc([N+](=O)[O-])c2)o1)c1nc2ccccc2[nH]1)N1CCOCC1. The van der Waals surface area contributed by atoms with Crippen LogP contribution in [0.3, 0.4) is 0 Å². The normalized spacial score (nSPS) is 14.5. The van der Waals surface area contributed by atoms with Gasteiger partial charge in [0.05, 0.1) is 34.7 Å². The lowest BCUT2D eigenvalue weighted by molar-refractivity contribution is -0.384. The van der Waals surface area contributed by atoms with Crippen LogP contribution in [0.15, 0.2) is 65.1 Å². The van der Waals surface area contributed by atoms with Gasteiger partial charge in [0.15, 0.2) is 0 Å². The van der Waals surface area contributed by atoms with Gasteiger partial charge < -0.3 is 19.0 Å². The molecule has 2 aromatic heterocycles. The summed E-state index contributed by atoms with van der Waals surface area (Å²) in [4.78, 5) is 33.6. The predicted molar refractivity (Wildman–Crippen MR) is 122 cm³/mol. The van der Waals surface area contributed by atoms with Crippen LogP contribution in [-0.4, -0.2) is 52.0 Å². The number of nitro benzene ring substituents is 1. The molecule has 1 fully saturated rings. The lowest BCUT2D eigenvalue weighted by Crippen LogP contribution is -2.41. The Kier molecular flexibility index (Phi) is 5.45. The molecule has 1 N–H and O–H groups in total. The highest BCUT2D eigenvalue weighted by Gasteiger charge is 2.24. The van der Waals surface area contributed by atoms with Crippen molar-refractivity contribution in [2.24, 2.45) is 0 Å². The number of nitrogens with one attached hydrogen (secondary N) is 1. The van der Waals surface area contributed by atoms with Crippen LogP contribution in [0, 0.1) is 10.1 Å². The van der Waals surface area contributed by atoms with Crippen molar-refractivity contribution in [2.45, 2.75) is 0 Å². The minimum absolute atomic E-state index is 0.0218. The first-order valence-corrected chi connectivity index (χ1v) is 10.5. The van der Waals surface area contributed by atoms with Gasteiger partial charge in [0.25, 0.3) is 11.6 Å². The Hall–Kier alpha value is -4.24. The molecule has 0 spiro atoms. The van der Waals surface area contributed by atoms with Gasteiger partial charge in [0.1, 0.15) is 17.3 Å². The predicted octanol–water partition coefficient (Wildman–Crippen LogP) is 4.13. The maximum absolute atomic E-state index is 13.4. The van der Waals surface area contributed by atoms with E-state index < -0.39 is 4.92 Å². The molecule has 0 aliphatic carbocycles. The van der Waals surface area contributed by atoms with Crippen molar-refractivity contribution in [1.29, 1.82) is 0 Å². The largest absolute Gasteiger partial charge is 0.457 e. The van der Waals surface area contributed by atoms with E-state index in [0.29, 0.717) is 54.8 Å². The smallest absolute Gasteiger partial charge is 0.270 e.